The first-order valence-electron chi connectivity index (χ1n) is 10.9. The summed E-state index contributed by atoms with van der Waals surface area (Å²) >= 11 is 0. The Bertz CT molecular complexity index is 1000. The van der Waals surface area contributed by atoms with Crippen LogP contribution in [-0.4, -0.2) is 43.4 Å². The van der Waals surface area contributed by atoms with Gasteiger partial charge in [-0.25, -0.2) is 0 Å². The number of fused-ring (bicyclic) bond motifs is 1. The molecule has 2 aromatic carbocycles. The molecule has 0 fully saturated rings. The third-order valence-corrected chi connectivity index (χ3v) is 5.44. The van der Waals surface area contributed by atoms with Crippen molar-refractivity contribution in [2.24, 2.45) is 0 Å². The van der Waals surface area contributed by atoms with E-state index in [-0.39, 0.29) is 43.4 Å². The predicted octanol–water partition coefficient (Wildman–Crippen LogP) is 3.71. The zero-order valence-electron chi connectivity index (χ0n) is 19.0. The summed E-state index contributed by atoms with van der Waals surface area (Å²) in [6, 6.07) is 12.5. The molecule has 0 bridgehead atoms. The minimum absolute atomic E-state index is 0.0115. The Labute approximate surface area is 188 Å². The van der Waals surface area contributed by atoms with E-state index in [9.17, 15) is 14.4 Å². The standard InChI is InChI=1S/C25H30N2O5/c1-5-17(4)26-24(29)13-27-21-12-19(9-10-23(21)32-15-25(27)30)22(28)14-31-20-8-6-7-18(11-20)16(2)3/h6-12,16-17H,5,13-15H2,1-4H3,(H,26,29)/t17-/m0/s1. The molecule has 1 aliphatic rings. The molecule has 0 unspecified atom stereocenters. The molecule has 2 amide bonds. The minimum Gasteiger partial charge on any atom is -0.485 e. The van der Waals surface area contributed by atoms with Gasteiger partial charge in [0.1, 0.15) is 18.0 Å². The van der Waals surface area contributed by atoms with Crippen LogP contribution in [0, 0.1) is 0 Å². The van der Waals surface area contributed by atoms with Crippen LogP contribution < -0.4 is 19.7 Å². The van der Waals surface area contributed by atoms with Crippen molar-refractivity contribution < 1.29 is 23.9 Å². The van der Waals surface area contributed by atoms with E-state index in [0.29, 0.717) is 28.7 Å². The van der Waals surface area contributed by atoms with Gasteiger partial charge in [-0.15, -0.1) is 0 Å². The van der Waals surface area contributed by atoms with Crippen molar-refractivity contribution in [3.05, 3.63) is 53.6 Å². The van der Waals surface area contributed by atoms with Gasteiger partial charge in [0.2, 0.25) is 5.91 Å². The minimum atomic E-state index is -0.330. The van der Waals surface area contributed by atoms with Crippen molar-refractivity contribution in [1.82, 2.24) is 5.32 Å². The smallest absolute Gasteiger partial charge is 0.265 e. The summed E-state index contributed by atoms with van der Waals surface area (Å²) in [6.45, 7) is 7.65. The molecule has 1 atom stereocenters. The Balaban J connectivity index is 1.73. The van der Waals surface area contributed by atoms with E-state index in [4.69, 9.17) is 9.47 Å². The molecule has 7 heteroatoms. The highest BCUT2D eigenvalue weighted by atomic mass is 16.5. The molecule has 32 heavy (non-hydrogen) atoms. The number of nitrogens with one attached hydrogen (secondary N) is 1. The number of carbonyl (C=O) groups is 3. The third-order valence-electron chi connectivity index (χ3n) is 5.44. The number of nitrogens with zero attached hydrogens (tertiary/aromatic N) is 1. The summed E-state index contributed by atoms with van der Waals surface area (Å²) in [5.74, 6) is 0.627. The average Bonchev–Trinajstić information content (AvgIpc) is 2.79. The van der Waals surface area contributed by atoms with E-state index in [1.807, 2.05) is 38.1 Å². The van der Waals surface area contributed by atoms with Gasteiger partial charge in [-0.1, -0.05) is 32.9 Å². The topological polar surface area (TPSA) is 84.9 Å². The number of hydrogen-bond donors (Lipinski definition) is 1. The van der Waals surface area contributed by atoms with E-state index >= 15 is 0 Å². The lowest BCUT2D eigenvalue weighted by atomic mass is 10.0. The van der Waals surface area contributed by atoms with Gasteiger partial charge in [-0.2, -0.15) is 0 Å². The van der Waals surface area contributed by atoms with Crippen molar-refractivity contribution in [2.45, 2.75) is 46.1 Å². The lowest BCUT2D eigenvalue weighted by molar-refractivity contribution is -0.125. The largest absolute Gasteiger partial charge is 0.485 e. The Morgan fingerprint density at radius 1 is 1.16 bits per heavy atom. The molecule has 0 saturated heterocycles. The van der Waals surface area contributed by atoms with Gasteiger partial charge < -0.3 is 14.8 Å². The van der Waals surface area contributed by atoms with E-state index in [2.05, 4.69) is 19.2 Å². The molecule has 1 heterocycles. The molecule has 1 aliphatic heterocycles. The molecule has 1 N–H and O–H groups in total. The molecule has 0 saturated carbocycles. The Kier molecular flexibility index (Phi) is 7.51. The molecule has 0 radical (unpaired) electrons. The van der Waals surface area contributed by atoms with Gasteiger partial charge in [-0.3, -0.25) is 19.3 Å². The van der Waals surface area contributed by atoms with Crippen LogP contribution >= 0.6 is 0 Å². The van der Waals surface area contributed by atoms with E-state index < -0.39 is 0 Å². The monoisotopic (exact) mass is 438 g/mol. The fourth-order valence-electron chi connectivity index (χ4n) is 3.31. The predicted molar refractivity (Wildman–Crippen MR) is 123 cm³/mol. The number of anilines is 1. The van der Waals surface area contributed by atoms with E-state index in [1.165, 1.54) is 4.90 Å². The molecular formula is C25H30N2O5. The quantitative estimate of drug-likeness (QED) is 0.604. The first kappa shape index (κ1) is 23.3. The lowest BCUT2D eigenvalue weighted by Gasteiger charge is -2.29. The number of benzene rings is 2. The van der Waals surface area contributed by atoms with Crippen molar-refractivity contribution in [1.29, 1.82) is 0 Å². The van der Waals surface area contributed by atoms with Gasteiger partial charge in [0.15, 0.2) is 19.0 Å². The van der Waals surface area contributed by atoms with Crippen LogP contribution in [0.1, 0.15) is 56.0 Å². The maximum atomic E-state index is 12.8. The van der Waals surface area contributed by atoms with Crippen LogP contribution in [0.5, 0.6) is 11.5 Å². The molecule has 2 aromatic rings. The van der Waals surface area contributed by atoms with E-state index in [1.54, 1.807) is 18.2 Å². The number of amides is 2. The fourth-order valence-corrected chi connectivity index (χ4v) is 3.31. The second-order valence-corrected chi connectivity index (χ2v) is 8.27. The Morgan fingerprint density at radius 3 is 2.66 bits per heavy atom. The normalized spacial score (nSPS) is 13.9. The van der Waals surface area contributed by atoms with Gasteiger partial charge in [0.05, 0.1) is 5.69 Å². The van der Waals surface area contributed by atoms with Gasteiger partial charge in [0.25, 0.3) is 5.91 Å². The number of ketones is 1. The summed E-state index contributed by atoms with van der Waals surface area (Å²) < 4.78 is 11.2. The molecule has 0 aliphatic carbocycles. The van der Waals surface area contributed by atoms with Gasteiger partial charge in [-0.05, 0) is 55.2 Å². The van der Waals surface area contributed by atoms with Crippen LogP contribution in [0.25, 0.3) is 0 Å². The van der Waals surface area contributed by atoms with E-state index in [0.717, 1.165) is 12.0 Å². The number of hydrogen-bond acceptors (Lipinski definition) is 5. The second-order valence-electron chi connectivity index (χ2n) is 8.27. The van der Waals surface area contributed by atoms with Crippen LogP contribution in [0.2, 0.25) is 0 Å². The first-order valence-corrected chi connectivity index (χ1v) is 10.9. The number of ether oxygens (including phenoxy) is 2. The molecule has 0 aromatic heterocycles. The molecule has 3 rings (SSSR count). The highest BCUT2D eigenvalue weighted by molar-refractivity contribution is 6.04. The summed E-state index contributed by atoms with van der Waals surface area (Å²) in [7, 11) is 0. The summed E-state index contributed by atoms with van der Waals surface area (Å²) in [6.07, 6.45) is 0.790. The highest BCUT2D eigenvalue weighted by Crippen LogP contribution is 2.33. The molecule has 7 nitrogen and oxygen atoms in total. The number of rotatable bonds is 9. The summed E-state index contributed by atoms with van der Waals surface area (Å²) in [4.78, 5) is 38.9. The zero-order chi connectivity index (χ0) is 23.3. The maximum absolute atomic E-state index is 12.8. The van der Waals surface area contributed by atoms with Crippen LogP contribution in [0.3, 0.4) is 0 Å². The Hall–Kier alpha value is -3.35. The van der Waals surface area contributed by atoms with Crippen molar-refractivity contribution in [3.8, 4) is 11.5 Å². The first-order chi connectivity index (χ1) is 15.3. The number of Topliss-reactive ketones (excluding diaryl/α,β-unsaturated/α-hetero) is 1. The fraction of sp³-hybridized carbons (Fsp3) is 0.400. The maximum Gasteiger partial charge on any atom is 0.265 e. The lowest BCUT2D eigenvalue weighted by Crippen LogP contribution is -2.46. The van der Waals surface area contributed by atoms with Gasteiger partial charge >= 0.3 is 0 Å². The highest BCUT2D eigenvalue weighted by Gasteiger charge is 2.28. The number of carbonyl (C=O) groups excluding carboxylic acids is 3. The SMILES string of the molecule is CC[C@H](C)NC(=O)CN1C(=O)COc2ccc(C(=O)COc3cccc(C(C)C)c3)cc21. The summed E-state index contributed by atoms with van der Waals surface area (Å²) in [5, 5.41) is 2.86. The summed E-state index contributed by atoms with van der Waals surface area (Å²) in [5.41, 5.74) is 1.92. The van der Waals surface area contributed by atoms with Crippen molar-refractivity contribution in [2.75, 3.05) is 24.7 Å². The Morgan fingerprint density at radius 2 is 1.94 bits per heavy atom. The molecular weight excluding hydrogens is 408 g/mol. The second kappa shape index (κ2) is 10.3. The average molecular weight is 439 g/mol. The zero-order valence-corrected chi connectivity index (χ0v) is 19.0. The van der Waals surface area contributed by atoms with Crippen molar-refractivity contribution >= 4 is 23.3 Å². The van der Waals surface area contributed by atoms with Crippen molar-refractivity contribution in [3.63, 3.8) is 0 Å². The molecule has 170 valence electrons. The molecule has 0 spiro atoms. The van der Waals surface area contributed by atoms with Crippen LogP contribution in [0.15, 0.2) is 42.5 Å². The van der Waals surface area contributed by atoms with Crippen LogP contribution in [-0.2, 0) is 9.59 Å². The van der Waals surface area contributed by atoms with Gasteiger partial charge in [0, 0.05) is 11.6 Å². The third kappa shape index (κ3) is 5.66. The van der Waals surface area contributed by atoms with Crippen LogP contribution in [0.4, 0.5) is 5.69 Å².